The van der Waals surface area contributed by atoms with Crippen LogP contribution in [-0.4, -0.2) is 60.1 Å². The molecule has 2 aliphatic heterocycles. The number of carbonyl (C=O) groups is 2. The quantitative estimate of drug-likeness (QED) is 0.864. The number of hydrogen-bond donors (Lipinski definition) is 1. The molecule has 4 rings (SSSR count). The summed E-state index contributed by atoms with van der Waals surface area (Å²) in [7, 11) is 0. The fourth-order valence-corrected chi connectivity index (χ4v) is 4.22. The Kier molecular flexibility index (Phi) is 5.62. The Labute approximate surface area is 160 Å². The molecular formula is C21H29N3O3. The highest BCUT2D eigenvalue weighted by Gasteiger charge is 2.40. The summed E-state index contributed by atoms with van der Waals surface area (Å²) in [5.74, 6) is 0.529. The van der Waals surface area contributed by atoms with Crippen LogP contribution in [0.5, 0.6) is 0 Å². The Morgan fingerprint density at radius 3 is 2.48 bits per heavy atom. The van der Waals surface area contributed by atoms with E-state index in [2.05, 4.69) is 5.32 Å². The predicted molar refractivity (Wildman–Crippen MR) is 102 cm³/mol. The van der Waals surface area contributed by atoms with Crippen LogP contribution in [0.2, 0.25) is 0 Å². The number of hydrogen-bond acceptors (Lipinski definition) is 3. The number of benzene rings is 1. The zero-order chi connectivity index (χ0) is 18.6. The van der Waals surface area contributed by atoms with E-state index in [4.69, 9.17) is 4.74 Å². The molecule has 0 spiro atoms. The van der Waals surface area contributed by atoms with Gasteiger partial charge in [-0.2, -0.15) is 0 Å². The van der Waals surface area contributed by atoms with Gasteiger partial charge >= 0.3 is 6.03 Å². The van der Waals surface area contributed by atoms with Crippen LogP contribution in [0.3, 0.4) is 0 Å². The number of carbonyl (C=O) groups excluding carboxylic acids is 2. The van der Waals surface area contributed by atoms with E-state index in [0.717, 1.165) is 44.2 Å². The van der Waals surface area contributed by atoms with E-state index in [-0.39, 0.29) is 29.9 Å². The van der Waals surface area contributed by atoms with Gasteiger partial charge in [-0.05, 0) is 37.7 Å². The van der Waals surface area contributed by atoms with Crippen LogP contribution in [0.15, 0.2) is 30.3 Å². The summed E-state index contributed by atoms with van der Waals surface area (Å²) in [5, 5.41) is 3.10. The molecule has 1 aromatic rings. The van der Waals surface area contributed by atoms with Gasteiger partial charge in [-0.1, -0.05) is 30.3 Å². The number of rotatable bonds is 5. The van der Waals surface area contributed by atoms with Gasteiger partial charge in [0.15, 0.2) is 0 Å². The second-order valence-electron chi connectivity index (χ2n) is 7.90. The lowest BCUT2D eigenvalue weighted by Gasteiger charge is -2.38. The molecule has 3 amide bonds. The van der Waals surface area contributed by atoms with Gasteiger partial charge < -0.3 is 19.9 Å². The molecule has 2 saturated heterocycles. The summed E-state index contributed by atoms with van der Waals surface area (Å²) in [6.45, 7) is 3.36. The maximum atomic E-state index is 13.1. The standard InChI is InChI=1S/C21H29N3O3/c25-20(17-6-7-17)23-11-8-19(15-23)24(18-9-12-27-13-10-18)21(26)22-14-16-4-2-1-3-5-16/h1-5,17-19H,6-15H2,(H,22,26). The first-order valence-corrected chi connectivity index (χ1v) is 10.2. The van der Waals surface area contributed by atoms with E-state index in [9.17, 15) is 9.59 Å². The molecule has 146 valence electrons. The highest BCUT2D eigenvalue weighted by molar-refractivity contribution is 5.81. The van der Waals surface area contributed by atoms with Crippen molar-refractivity contribution >= 4 is 11.9 Å². The minimum atomic E-state index is -0.0172. The molecular weight excluding hydrogens is 342 g/mol. The van der Waals surface area contributed by atoms with Gasteiger partial charge in [-0.3, -0.25) is 4.79 Å². The molecule has 0 aromatic heterocycles. The van der Waals surface area contributed by atoms with Crippen molar-refractivity contribution in [2.45, 2.75) is 50.7 Å². The van der Waals surface area contributed by atoms with E-state index in [1.807, 2.05) is 40.1 Å². The van der Waals surface area contributed by atoms with Crippen molar-refractivity contribution in [2.24, 2.45) is 5.92 Å². The highest BCUT2D eigenvalue weighted by Crippen LogP contribution is 2.33. The van der Waals surface area contributed by atoms with Crippen LogP contribution in [0.4, 0.5) is 4.79 Å². The number of nitrogens with one attached hydrogen (secondary N) is 1. The Hall–Kier alpha value is -2.08. The Bertz CT molecular complexity index is 656. The van der Waals surface area contributed by atoms with Crippen molar-refractivity contribution in [1.82, 2.24) is 15.1 Å². The van der Waals surface area contributed by atoms with Crippen molar-refractivity contribution in [1.29, 1.82) is 0 Å². The smallest absolute Gasteiger partial charge is 0.318 e. The van der Waals surface area contributed by atoms with Crippen molar-refractivity contribution in [3.63, 3.8) is 0 Å². The normalized spacial score (nSPS) is 23.3. The number of urea groups is 1. The van der Waals surface area contributed by atoms with E-state index in [1.165, 1.54) is 0 Å². The Balaban J connectivity index is 1.42. The molecule has 3 aliphatic rings. The minimum Gasteiger partial charge on any atom is -0.381 e. The van der Waals surface area contributed by atoms with E-state index in [0.29, 0.717) is 26.3 Å². The first kappa shape index (κ1) is 18.3. The first-order valence-electron chi connectivity index (χ1n) is 10.2. The van der Waals surface area contributed by atoms with E-state index in [1.54, 1.807) is 0 Å². The van der Waals surface area contributed by atoms with Gasteiger partial charge in [0.05, 0.1) is 6.04 Å². The second-order valence-corrected chi connectivity index (χ2v) is 7.90. The summed E-state index contributed by atoms with van der Waals surface area (Å²) in [6, 6.07) is 10.3. The molecule has 2 heterocycles. The minimum absolute atomic E-state index is 0.0172. The summed E-state index contributed by atoms with van der Waals surface area (Å²) >= 11 is 0. The highest BCUT2D eigenvalue weighted by atomic mass is 16.5. The molecule has 1 N–H and O–H groups in total. The fraction of sp³-hybridized carbons (Fsp3) is 0.619. The Morgan fingerprint density at radius 2 is 1.78 bits per heavy atom. The number of nitrogens with zero attached hydrogens (tertiary/aromatic N) is 2. The molecule has 6 heteroatoms. The van der Waals surface area contributed by atoms with Gasteiger partial charge in [0.1, 0.15) is 0 Å². The van der Waals surface area contributed by atoms with Crippen LogP contribution in [-0.2, 0) is 16.1 Å². The molecule has 1 aliphatic carbocycles. The molecule has 1 aromatic carbocycles. The third-order valence-electron chi connectivity index (χ3n) is 5.90. The van der Waals surface area contributed by atoms with Crippen molar-refractivity contribution in [2.75, 3.05) is 26.3 Å². The summed E-state index contributed by atoms with van der Waals surface area (Å²) in [6.07, 6.45) is 4.66. The molecule has 1 atom stereocenters. The van der Waals surface area contributed by atoms with Crippen LogP contribution < -0.4 is 5.32 Å². The van der Waals surface area contributed by atoms with Gasteiger partial charge in [0, 0.05) is 44.8 Å². The monoisotopic (exact) mass is 371 g/mol. The lowest BCUT2D eigenvalue weighted by Crippen LogP contribution is -2.54. The second kappa shape index (κ2) is 8.30. The zero-order valence-electron chi connectivity index (χ0n) is 15.8. The van der Waals surface area contributed by atoms with Crippen LogP contribution in [0, 0.1) is 5.92 Å². The van der Waals surface area contributed by atoms with Gasteiger partial charge in [0.2, 0.25) is 5.91 Å². The largest absolute Gasteiger partial charge is 0.381 e. The molecule has 6 nitrogen and oxygen atoms in total. The maximum absolute atomic E-state index is 13.1. The van der Waals surface area contributed by atoms with Crippen molar-refractivity contribution < 1.29 is 14.3 Å². The van der Waals surface area contributed by atoms with Crippen molar-refractivity contribution in [3.05, 3.63) is 35.9 Å². The molecule has 0 bridgehead atoms. The summed E-state index contributed by atoms with van der Waals surface area (Å²) < 4.78 is 5.50. The van der Waals surface area contributed by atoms with Crippen LogP contribution in [0.25, 0.3) is 0 Å². The SMILES string of the molecule is O=C(C1CC1)N1CCC(N(C(=O)NCc2ccccc2)C2CCOCC2)C1. The van der Waals surface area contributed by atoms with Crippen molar-refractivity contribution in [3.8, 4) is 0 Å². The van der Waals surface area contributed by atoms with Crippen LogP contribution >= 0.6 is 0 Å². The average Bonchev–Trinajstić information content (AvgIpc) is 3.46. The topological polar surface area (TPSA) is 61.9 Å². The van der Waals surface area contributed by atoms with Gasteiger partial charge in [0.25, 0.3) is 0 Å². The zero-order valence-corrected chi connectivity index (χ0v) is 15.8. The van der Waals surface area contributed by atoms with E-state index >= 15 is 0 Å². The molecule has 0 radical (unpaired) electrons. The third kappa shape index (κ3) is 4.43. The van der Waals surface area contributed by atoms with Gasteiger partial charge in [-0.25, -0.2) is 4.79 Å². The molecule has 3 fully saturated rings. The van der Waals surface area contributed by atoms with Crippen LogP contribution in [0.1, 0.15) is 37.7 Å². The van der Waals surface area contributed by atoms with Gasteiger partial charge in [-0.15, -0.1) is 0 Å². The van der Waals surface area contributed by atoms with E-state index < -0.39 is 0 Å². The molecule has 1 unspecified atom stereocenters. The maximum Gasteiger partial charge on any atom is 0.318 e. The number of likely N-dealkylation sites (tertiary alicyclic amines) is 1. The predicted octanol–water partition coefficient (Wildman–Crippen LogP) is 2.39. The number of amides is 3. The third-order valence-corrected chi connectivity index (χ3v) is 5.90. The average molecular weight is 371 g/mol. The molecule has 27 heavy (non-hydrogen) atoms. The summed E-state index contributed by atoms with van der Waals surface area (Å²) in [4.78, 5) is 29.5. The lowest BCUT2D eigenvalue weighted by atomic mass is 10.0. The molecule has 1 saturated carbocycles. The summed E-state index contributed by atoms with van der Waals surface area (Å²) in [5.41, 5.74) is 1.09. The first-order chi connectivity index (χ1) is 13.2. The Morgan fingerprint density at radius 1 is 1.04 bits per heavy atom. The number of ether oxygens (including phenoxy) is 1. The lowest BCUT2D eigenvalue weighted by molar-refractivity contribution is -0.131. The fourth-order valence-electron chi connectivity index (χ4n) is 4.22.